The van der Waals surface area contributed by atoms with Crippen molar-refractivity contribution in [1.82, 2.24) is 0 Å². The van der Waals surface area contributed by atoms with Crippen LogP contribution in [0.2, 0.25) is 0 Å². The molecule has 2 bridgehead atoms. The van der Waals surface area contributed by atoms with Gasteiger partial charge >= 0.3 is 5.97 Å². The predicted molar refractivity (Wildman–Crippen MR) is 92.1 cm³/mol. The van der Waals surface area contributed by atoms with Crippen molar-refractivity contribution in [2.24, 2.45) is 16.7 Å². The first-order valence-electron chi connectivity index (χ1n) is 9.21. The van der Waals surface area contributed by atoms with Gasteiger partial charge in [-0.05, 0) is 42.4 Å². The molecule has 0 heterocycles. The third-order valence-corrected chi connectivity index (χ3v) is 6.75. The Morgan fingerprint density at radius 2 is 1.91 bits per heavy atom. The van der Waals surface area contributed by atoms with Crippen LogP contribution in [0.3, 0.4) is 0 Å². The molecule has 0 saturated heterocycles. The van der Waals surface area contributed by atoms with Crippen LogP contribution in [0.1, 0.15) is 53.4 Å². The molecular formula is C19H36NO3+. The second-order valence-electron chi connectivity index (χ2n) is 9.01. The average Bonchev–Trinajstić information content (AvgIpc) is 2.77. The zero-order chi connectivity index (χ0) is 17.3. The quantitative estimate of drug-likeness (QED) is 0.507. The molecule has 23 heavy (non-hydrogen) atoms. The lowest BCUT2D eigenvalue weighted by atomic mass is 9.70. The molecule has 3 atom stereocenters. The third kappa shape index (κ3) is 3.74. The van der Waals surface area contributed by atoms with Gasteiger partial charge in [0, 0.05) is 0 Å². The second kappa shape index (κ2) is 6.72. The van der Waals surface area contributed by atoms with E-state index in [9.17, 15) is 4.79 Å². The van der Waals surface area contributed by atoms with E-state index in [0.717, 1.165) is 25.5 Å². The number of quaternary nitrogens is 1. The fraction of sp³-hybridized carbons (Fsp3) is 0.947. The Morgan fingerprint density at radius 1 is 1.22 bits per heavy atom. The minimum absolute atomic E-state index is 0.107. The van der Waals surface area contributed by atoms with Crippen LogP contribution in [0, 0.1) is 16.7 Å². The first-order valence-corrected chi connectivity index (χ1v) is 9.21. The van der Waals surface area contributed by atoms with Gasteiger partial charge in [0.2, 0.25) is 0 Å². The second-order valence-corrected chi connectivity index (χ2v) is 9.01. The van der Waals surface area contributed by atoms with Crippen molar-refractivity contribution < 1.29 is 18.8 Å². The largest absolute Gasteiger partial charge is 0.462 e. The maximum atomic E-state index is 11.8. The Hall–Kier alpha value is -0.610. The number of fused-ring (bicyclic) bond motifs is 2. The SMILES string of the molecule is CCCOC(=O)C[N+](C)(C)CCO[C@@H]1C[C@@H]2CC[C@@]1(C)C2(C)C. The number of carbonyl (C=O) groups is 1. The first kappa shape index (κ1) is 18.7. The highest BCUT2D eigenvalue weighted by molar-refractivity contribution is 5.70. The van der Waals surface area contributed by atoms with Crippen molar-refractivity contribution in [3.8, 4) is 0 Å². The van der Waals surface area contributed by atoms with Crippen molar-refractivity contribution in [2.45, 2.75) is 59.5 Å². The molecule has 0 amide bonds. The zero-order valence-electron chi connectivity index (χ0n) is 16.0. The van der Waals surface area contributed by atoms with E-state index >= 15 is 0 Å². The van der Waals surface area contributed by atoms with Gasteiger partial charge in [-0.2, -0.15) is 0 Å². The summed E-state index contributed by atoms with van der Waals surface area (Å²) in [6, 6.07) is 0. The van der Waals surface area contributed by atoms with Crippen molar-refractivity contribution in [2.75, 3.05) is 40.4 Å². The summed E-state index contributed by atoms with van der Waals surface area (Å²) in [5.41, 5.74) is 0.709. The molecule has 2 aliphatic rings. The number of ether oxygens (including phenoxy) is 2. The fourth-order valence-corrected chi connectivity index (χ4v) is 4.51. The Morgan fingerprint density at radius 3 is 2.43 bits per heavy atom. The first-order chi connectivity index (χ1) is 10.6. The maximum Gasteiger partial charge on any atom is 0.361 e. The summed E-state index contributed by atoms with van der Waals surface area (Å²) in [6.45, 7) is 11.8. The summed E-state index contributed by atoms with van der Waals surface area (Å²) >= 11 is 0. The molecule has 0 aromatic heterocycles. The Kier molecular flexibility index (Phi) is 5.47. The topological polar surface area (TPSA) is 35.5 Å². The van der Waals surface area contributed by atoms with Crippen molar-refractivity contribution in [1.29, 1.82) is 0 Å². The maximum absolute atomic E-state index is 11.8. The molecule has 0 N–H and O–H groups in total. The molecule has 0 aliphatic heterocycles. The molecule has 0 spiro atoms. The van der Waals surface area contributed by atoms with Crippen LogP contribution in [-0.2, 0) is 14.3 Å². The Balaban J connectivity index is 1.78. The molecule has 2 aliphatic carbocycles. The summed E-state index contributed by atoms with van der Waals surface area (Å²) in [7, 11) is 4.14. The molecule has 134 valence electrons. The van der Waals surface area contributed by atoms with Crippen LogP contribution < -0.4 is 0 Å². The lowest BCUT2D eigenvalue weighted by Crippen LogP contribution is -2.47. The van der Waals surface area contributed by atoms with Gasteiger partial charge in [0.05, 0.1) is 33.4 Å². The predicted octanol–water partition coefficient (Wildman–Crippen LogP) is 3.25. The molecule has 2 fully saturated rings. The van der Waals surface area contributed by atoms with Crippen LogP contribution >= 0.6 is 0 Å². The van der Waals surface area contributed by atoms with Gasteiger partial charge in [0.25, 0.3) is 0 Å². The normalized spacial score (nSPS) is 32.3. The van der Waals surface area contributed by atoms with E-state index in [-0.39, 0.29) is 5.97 Å². The van der Waals surface area contributed by atoms with Gasteiger partial charge in [-0.3, -0.25) is 0 Å². The molecule has 0 aromatic rings. The summed E-state index contributed by atoms with van der Waals surface area (Å²) in [4.78, 5) is 11.8. The minimum Gasteiger partial charge on any atom is -0.462 e. The van der Waals surface area contributed by atoms with E-state index in [2.05, 4.69) is 34.9 Å². The number of hydrogen-bond donors (Lipinski definition) is 0. The smallest absolute Gasteiger partial charge is 0.361 e. The van der Waals surface area contributed by atoms with Gasteiger partial charge in [-0.15, -0.1) is 0 Å². The monoisotopic (exact) mass is 326 g/mol. The van der Waals surface area contributed by atoms with Gasteiger partial charge in [0.15, 0.2) is 6.54 Å². The van der Waals surface area contributed by atoms with E-state index in [1.165, 1.54) is 19.3 Å². The Bertz CT molecular complexity index is 432. The molecule has 0 aromatic carbocycles. The molecule has 4 heteroatoms. The number of esters is 1. The third-order valence-electron chi connectivity index (χ3n) is 6.75. The number of rotatable bonds is 8. The van der Waals surface area contributed by atoms with Crippen LogP contribution in [0.5, 0.6) is 0 Å². The van der Waals surface area contributed by atoms with E-state index in [0.29, 0.717) is 34.6 Å². The summed E-state index contributed by atoms with van der Waals surface area (Å²) in [5.74, 6) is 0.703. The van der Waals surface area contributed by atoms with Gasteiger partial charge in [-0.1, -0.05) is 27.7 Å². The molecule has 2 rings (SSSR count). The minimum atomic E-state index is -0.107. The lowest BCUT2D eigenvalue weighted by molar-refractivity contribution is -0.883. The number of carbonyl (C=O) groups excluding carboxylic acids is 1. The van der Waals surface area contributed by atoms with Crippen molar-refractivity contribution in [3.05, 3.63) is 0 Å². The molecular weight excluding hydrogens is 290 g/mol. The van der Waals surface area contributed by atoms with Crippen LogP contribution in [-0.4, -0.2) is 57.0 Å². The Labute approximate surface area is 142 Å². The van der Waals surface area contributed by atoms with Gasteiger partial charge in [0.1, 0.15) is 6.54 Å². The molecule has 4 nitrogen and oxygen atoms in total. The highest BCUT2D eigenvalue weighted by Gasteiger charge is 2.61. The fourth-order valence-electron chi connectivity index (χ4n) is 4.51. The van der Waals surface area contributed by atoms with E-state index in [1.54, 1.807) is 0 Å². The van der Waals surface area contributed by atoms with E-state index in [4.69, 9.17) is 9.47 Å². The van der Waals surface area contributed by atoms with E-state index < -0.39 is 0 Å². The van der Waals surface area contributed by atoms with Crippen LogP contribution in [0.25, 0.3) is 0 Å². The number of nitrogens with zero attached hydrogens (tertiary/aromatic N) is 1. The number of likely N-dealkylation sites (N-methyl/N-ethyl adjacent to an activating group) is 1. The zero-order valence-corrected chi connectivity index (χ0v) is 16.0. The van der Waals surface area contributed by atoms with Crippen molar-refractivity contribution in [3.63, 3.8) is 0 Å². The molecule has 0 unspecified atom stereocenters. The molecule has 2 saturated carbocycles. The standard InChI is InChI=1S/C19H36NO3/c1-7-11-23-17(21)14-20(5,6)10-12-22-16-13-15-8-9-19(16,4)18(15,2)3/h15-16H,7-14H2,1-6H3/q+1/t15-,16+,19+/m0/s1. The van der Waals surface area contributed by atoms with Crippen molar-refractivity contribution >= 4 is 5.97 Å². The summed E-state index contributed by atoms with van der Waals surface area (Å²) in [6.07, 6.45) is 5.10. The highest BCUT2D eigenvalue weighted by atomic mass is 16.5. The van der Waals surface area contributed by atoms with Crippen LogP contribution in [0.15, 0.2) is 0 Å². The summed E-state index contributed by atoms with van der Waals surface area (Å²) in [5, 5.41) is 0. The van der Waals surface area contributed by atoms with Gasteiger partial charge < -0.3 is 14.0 Å². The molecule has 0 radical (unpaired) electrons. The average molecular weight is 327 g/mol. The summed E-state index contributed by atoms with van der Waals surface area (Å²) < 4.78 is 12.1. The van der Waals surface area contributed by atoms with Gasteiger partial charge in [-0.25, -0.2) is 4.79 Å². The van der Waals surface area contributed by atoms with E-state index in [1.807, 2.05) is 6.92 Å². The van der Waals surface area contributed by atoms with Crippen LogP contribution in [0.4, 0.5) is 0 Å². The highest BCUT2D eigenvalue weighted by Crippen LogP contribution is 2.66. The number of hydrogen-bond acceptors (Lipinski definition) is 3. The lowest BCUT2D eigenvalue weighted by Gasteiger charge is -2.39.